The molecule has 102 valence electrons. The summed E-state index contributed by atoms with van der Waals surface area (Å²) in [5, 5.41) is 6.61. The first kappa shape index (κ1) is 14.6. The third-order valence-corrected chi connectivity index (χ3v) is 2.39. The molecular formula is C14H25N3O. The van der Waals surface area contributed by atoms with Crippen LogP contribution in [0.3, 0.4) is 0 Å². The molecule has 0 radical (unpaired) electrons. The molecule has 0 aliphatic carbocycles. The number of guanidine groups is 1. The fourth-order valence-corrected chi connectivity index (χ4v) is 1.67. The zero-order valence-electron chi connectivity index (χ0n) is 12.3. The minimum atomic E-state index is 0.00234. The first-order valence-corrected chi connectivity index (χ1v) is 6.44. The van der Waals surface area contributed by atoms with E-state index in [-0.39, 0.29) is 5.54 Å². The van der Waals surface area contributed by atoms with E-state index in [0.29, 0.717) is 6.54 Å². The van der Waals surface area contributed by atoms with Gasteiger partial charge in [0, 0.05) is 17.6 Å². The van der Waals surface area contributed by atoms with Crippen LogP contribution in [0.2, 0.25) is 0 Å². The van der Waals surface area contributed by atoms with E-state index < -0.39 is 0 Å². The molecule has 0 saturated heterocycles. The molecule has 4 heteroatoms. The van der Waals surface area contributed by atoms with E-state index in [1.54, 1.807) is 0 Å². The van der Waals surface area contributed by atoms with Crippen molar-refractivity contribution in [2.24, 2.45) is 4.99 Å². The fourth-order valence-electron chi connectivity index (χ4n) is 1.67. The van der Waals surface area contributed by atoms with E-state index in [4.69, 9.17) is 4.42 Å². The average molecular weight is 251 g/mol. The summed E-state index contributed by atoms with van der Waals surface area (Å²) >= 11 is 0. The minimum absolute atomic E-state index is 0.00234. The normalized spacial score (nSPS) is 12.7. The largest absolute Gasteiger partial charge is 0.466 e. The van der Waals surface area contributed by atoms with Gasteiger partial charge < -0.3 is 15.1 Å². The summed E-state index contributed by atoms with van der Waals surface area (Å²) in [5.74, 6) is 2.72. The van der Waals surface area contributed by atoms with Crippen molar-refractivity contribution in [3.05, 3.63) is 23.2 Å². The Bertz CT molecular complexity index is 413. The number of nitrogens with one attached hydrogen (secondary N) is 2. The van der Waals surface area contributed by atoms with E-state index in [1.807, 2.05) is 19.9 Å². The summed E-state index contributed by atoms with van der Waals surface area (Å²) in [5.41, 5.74) is 1.14. The van der Waals surface area contributed by atoms with Crippen molar-refractivity contribution in [1.29, 1.82) is 0 Å². The molecule has 0 aromatic carbocycles. The van der Waals surface area contributed by atoms with Crippen LogP contribution < -0.4 is 10.6 Å². The molecular weight excluding hydrogens is 226 g/mol. The summed E-state index contributed by atoms with van der Waals surface area (Å²) in [4.78, 5) is 4.58. The summed E-state index contributed by atoms with van der Waals surface area (Å²) in [6, 6.07) is 2.04. The Morgan fingerprint density at radius 2 is 2.00 bits per heavy atom. The molecule has 0 aliphatic heterocycles. The van der Waals surface area contributed by atoms with Gasteiger partial charge in [-0.3, -0.25) is 0 Å². The highest BCUT2D eigenvalue weighted by Crippen LogP contribution is 2.14. The predicted octanol–water partition coefficient (Wildman–Crippen LogP) is 2.75. The second kappa shape index (κ2) is 5.94. The number of hydrogen-bond acceptors (Lipinski definition) is 2. The minimum Gasteiger partial charge on any atom is -0.466 e. The third-order valence-electron chi connectivity index (χ3n) is 2.39. The molecule has 1 aromatic heterocycles. The van der Waals surface area contributed by atoms with E-state index in [2.05, 4.69) is 43.3 Å². The Kier molecular flexibility index (Phi) is 4.82. The van der Waals surface area contributed by atoms with Crippen molar-refractivity contribution in [1.82, 2.24) is 10.6 Å². The van der Waals surface area contributed by atoms with Gasteiger partial charge in [-0.1, -0.05) is 0 Å². The van der Waals surface area contributed by atoms with Gasteiger partial charge in [0.1, 0.15) is 11.5 Å². The highest BCUT2D eigenvalue weighted by atomic mass is 16.3. The van der Waals surface area contributed by atoms with Crippen molar-refractivity contribution < 1.29 is 4.42 Å². The Morgan fingerprint density at radius 1 is 1.33 bits per heavy atom. The SMILES string of the molecule is CCNC(=NCc1cc(C)oc1C)NC(C)(C)C. The summed E-state index contributed by atoms with van der Waals surface area (Å²) in [6.07, 6.45) is 0. The molecule has 1 rings (SSSR count). The van der Waals surface area contributed by atoms with Crippen LogP contribution in [0, 0.1) is 13.8 Å². The molecule has 0 bridgehead atoms. The summed E-state index contributed by atoms with van der Waals surface area (Å²) in [7, 11) is 0. The lowest BCUT2D eigenvalue weighted by atomic mass is 10.1. The Morgan fingerprint density at radius 3 is 2.44 bits per heavy atom. The lowest BCUT2D eigenvalue weighted by molar-refractivity contribution is 0.499. The second-order valence-corrected chi connectivity index (χ2v) is 5.51. The summed E-state index contributed by atoms with van der Waals surface area (Å²) in [6.45, 7) is 13.8. The van der Waals surface area contributed by atoms with Crippen molar-refractivity contribution in [2.75, 3.05) is 6.54 Å². The van der Waals surface area contributed by atoms with Crippen molar-refractivity contribution >= 4 is 5.96 Å². The van der Waals surface area contributed by atoms with Gasteiger partial charge in [-0.05, 0) is 47.6 Å². The van der Waals surface area contributed by atoms with Gasteiger partial charge in [-0.25, -0.2) is 4.99 Å². The molecule has 0 fully saturated rings. The smallest absolute Gasteiger partial charge is 0.191 e. The molecule has 4 nitrogen and oxygen atoms in total. The second-order valence-electron chi connectivity index (χ2n) is 5.51. The molecule has 0 aliphatic rings. The lowest BCUT2D eigenvalue weighted by Crippen LogP contribution is -2.47. The van der Waals surface area contributed by atoms with Gasteiger partial charge in [-0.15, -0.1) is 0 Å². The number of aryl methyl sites for hydroxylation is 2. The van der Waals surface area contributed by atoms with Gasteiger partial charge in [0.2, 0.25) is 0 Å². The van der Waals surface area contributed by atoms with E-state index in [9.17, 15) is 0 Å². The average Bonchev–Trinajstić information content (AvgIpc) is 2.52. The molecule has 1 aromatic rings. The maximum Gasteiger partial charge on any atom is 0.191 e. The monoisotopic (exact) mass is 251 g/mol. The molecule has 0 unspecified atom stereocenters. The van der Waals surface area contributed by atoms with Gasteiger partial charge in [0.15, 0.2) is 5.96 Å². The van der Waals surface area contributed by atoms with Crippen LogP contribution in [0.1, 0.15) is 44.8 Å². The number of nitrogens with zero attached hydrogens (tertiary/aromatic N) is 1. The Labute approximate surface area is 110 Å². The molecule has 0 atom stereocenters. The van der Waals surface area contributed by atoms with Crippen molar-refractivity contribution in [3.8, 4) is 0 Å². The molecule has 1 heterocycles. The quantitative estimate of drug-likeness (QED) is 0.641. The molecule has 0 spiro atoms. The van der Waals surface area contributed by atoms with E-state index in [1.165, 1.54) is 0 Å². The molecule has 0 amide bonds. The van der Waals surface area contributed by atoms with E-state index in [0.717, 1.165) is 29.6 Å². The maximum absolute atomic E-state index is 5.50. The first-order chi connectivity index (χ1) is 8.31. The van der Waals surface area contributed by atoms with Crippen LogP contribution >= 0.6 is 0 Å². The van der Waals surface area contributed by atoms with E-state index >= 15 is 0 Å². The van der Waals surface area contributed by atoms with Crippen LogP contribution in [0.4, 0.5) is 0 Å². The molecule has 18 heavy (non-hydrogen) atoms. The topological polar surface area (TPSA) is 49.6 Å². The van der Waals surface area contributed by atoms with Crippen LogP contribution in [0.25, 0.3) is 0 Å². The third kappa shape index (κ3) is 4.82. The number of furan rings is 1. The van der Waals surface area contributed by atoms with Crippen LogP contribution in [0.5, 0.6) is 0 Å². The highest BCUT2D eigenvalue weighted by Gasteiger charge is 2.12. The van der Waals surface area contributed by atoms with Crippen LogP contribution in [0.15, 0.2) is 15.5 Å². The number of rotatable bonds is 3. The highest BCUT2D eigenvalue weighted by molar-refractivity contribution is 5.80. The van der Waals surface area contributed by atoms with Gasteiger partial charge in [-0.2, -0.15) is 0 Å². The zero-order valence-corrected chi connectivity index (χ0v) is 12.3. The number of aliphatic imine (C=N–C) groups is 1. The zero-order chi connectivity index (χ0) is 13.8. The van der Waals surface area contributed by atoms with Gasteiger partial charge in [0.25, 0.3) is 0 Å². The lowest BCUT2D eigenvalue weighted by Gasteiger charge is -2.23. The maximum atomic E-state index is 5.50. The molecule has 0 saturated carbocycles. The van der Waals surface area contributed by atoms with Gasteiger partial charge in [0.05, 0.1) is 6.54 Å². The van der Waals surface area contributed by atoms with Crippen LogP contribution in [-0.2, 0) is 6.54 Å². The van der Waals surface area contributed by atoms with Crippen molar-refractivity contribution in [2.45, 2.75) is 53.6 Å². The summed E-state index contributed by atoms with van der Waals surface area (Å²) < 4.78 is 5.50. The van der Waals surface area contributed by atoms with Crippen molar-refractivity contribution in [3.63, 3.8) is 0 Å². The standard InChI is InChI=1S/C14H25N3O/c1-7-15-13(17-14(4,5)6)16-9-12-8-10(2)18-11(12)3/h8H,7,9H2,1-6H3,(H2,15,16,17). The van der Waals surface area contributed by atoms with Gasteiger partial charge >= 0.3 is 0 Å². The number of hydrogen-bond donors (Lipinski definition) is 2. The predicted molar refractivity (Wildman–Crippen MR) is 75.9 cm³/mol. The fraction of sp³-hybridized carbons (Fsp3) is 0.643. The Hall–Kier alpha value is -1.45. The first-order valence-electron chi connectivity index (χ1n) is 6.44. The Balaban J connectivity index is 2.74. The van der Waals surface area contributed by atoms with Crippen LogP contribution in [-0.4, -0.2) is 18.0 Å². The molecule has 2 N–H and O–H groups in total.